The van der Waals surface area contributed by atoms with Crippen molar-refractivity contribution in [2.24, 2.45) is 0 Å². The van der Waals surface area contributed by atoms with Crippen molar-refractivity contribution in [3.63, 3.8) is 0 Å². The molecule has 156 valence electrons. The lowest BCUT2D eigenvalue weighted by atomic mass is 10.1. The van der Waals surface area contributed by atoms with E-state index in [9.17, 15) is 14.0 Å². The van der Waals surface area contributed by atoms with Crippen LogP contribution in [-0.4, -0.2) is 23.5 Å². The van der Waals surface area contributed by atoms with Crippen molar-refractivity contribution < 1.29 is 14.0 Å². The van der Waals surface area contributed by atoms with Gasteiger partial charge < -0.3 is 10.6 Å². The zero-order valence-electron chi connectivity index (χ0n) is 16.0. The van der Waals surface area contributed by atoms with Gasteiger partial charge in [0.25, 0.3) is 0 Å². The molecule has 9 heteroatoms. The van der Waals surface area contributed by atoms with Crippen LogP contribution in [0.15, 0.2) is 53.9 Å². The predicted octanol–water partition coefficient (Wildman–Crippen LogP) is 4.87. The summed E-state index contributed by atoms with van der Waals surface area (Å²) in [4.78, 5) is 28.4. The maximum Gasteiger partial charge on any atom is 0.325 e. The first-order chi connectivity index (χ1) is 14.5. The molecule has 0 radical (unpaired) electrons. The highest BCUT2D eigenvalue weighted by Crippen LogP contribution is 2.18. The third kappa shape index (κ3) is 7.13. The minimum Gasteiger partial charge on any atom is -0.356 e. The first-order valence-corrected chi connectivity index (χ1v) is 10.5. The van der Waals surface area contributed by atoms with E-state index in [0.717, 1.165) is 11.3 Å². The lowest BCUT2D eigenvalue weighted by Gasteiger charge is -2.05. The minimum atomic E-state index is -0.420. The molecule has 3 amide bonds. The van der Waals surface area contributed by atoms with E-state index in [4.69, 9.17) is 11.6 Å². The Labute approximate surface area is 182 Å². The summed E-state index contributed by atoms with van der Waals surface area (Å²) in [6.45, 7) is 0.484. The summed E-state index contributed by atoms with van der Waals surface area (Å²) in [6.07, 6.45) is 1.40. The molecule has 0 saturated carbocycles. The van der Waals surface area contributed by atoms with E-state index in [1.807, 2.05) is 0 Å². The highest BCUT2D eigenvalue weighted by molar-refractivity contribution is 7.13. The zero-order valence-corrected chi connectivity index (χ0v) is 17.5. The van der Waals surface area contributed by atoms with Gasteiger partial charge in [0.2, 0.25) is 5.91 Å². The van der Waals surface area contributed by atoms with Gasteiger partial charge in [0.05, 0.1) is 5.69 Å². The Bertz CT molecular complexity index is 1010. The molecule has 1 aromatic heterocycles. The first-order valence-electron chi connectivity index (χ1n) is 9.27. The molecule has 30 heavy (non-hydrogen) atoms. The molecule has 0 saturated heterocycles. The van der Waals surface area contributed by atoms with E-state index < -0.39 is 6.03 Å². The number of thiazole rings is 1. The van der Waals surface area contributed by atoms with Gasteiger partial charge in [-0.05, 0) is 48.7 Å². The number of urea groups is 1. The lowest BCUT2D eigenvalue weighted by Crippen LogP contribution is -2.25. The van der Waals surface area contributed by atoms with E-state index in [1.54, 1.807) is 41.8 Å². The second-order valence-corrected chi connectivity index (χ2v) is 7.75. The maximum absolute atomic E-state index is 12.9. The number of aromatic nitrogens is 1. The summed E-state index contributed by atoms with van der Waals surface area (Å²) in [6, 6.07) is 12.6. The molecule has 3 aromatic rings. The fourth-order valence-electron chi connectivity index (χ4n) is 2.63. The number of nitrogens with one attached hydrogen (secondary N) is 3. The van der Waals surface area contributed by atoms with E-state index in [-0.39, 0.29) is 11.7 Å². The topological polar surface area (TPSA) is 83.1 Å². The molecule has 1 heterocycles. The van der Waals surface area contributed by atoms with Crippen LogP contribution in [0.25, 0.3) is 0 Å². The predicted molar refractivity (Wildman–Crippen MR) is 118 cm³/mol. The van der Waals surface area contributed by atoms with Crippen LogP contribution < -0.4 is 16.0 Å². The third-order valence-corrected chi connectivity index (χ3v) is 5.15. The number of aryl methyl sites for hydroxylation is 1. The summed E-state index contributed by atoms with van der Waals surface area (Å²) in [5.41, 5.74) is 2.27. The van der Waals surface area contributed by atoms with Crippen LogP contribution in [0.4, 0.5) is 20.0 Å². The smallest absolute Gasteiger partial charge is 0.325 e. The Morgan fingerprint density at radius 1 is 1.07 bits per heavy atom. The van der Waals surface area contributed by atoms with Gasteiger partial charge in [-0.3, -0.25) is 10.1 Å². The maximum atomic E-state index is 12.9. The molecule has 0 aliphatic heterocycles. The normalized spacial score (nSPS) is 10.5. The number of rotatable bonds is 8. The van der Waals surface area contributed by atoms with E-state index >= 15 is 0 Å². The average molecular weight is 447 g/mol. The van der Waals surface area contributed by atoms with Crippen LogP contribution in [0, 0.1) is 5.82 Å². The van der Waals surface area contributed by atoms with Crippen LogP contribution in [-0.2, 0) is 17.6 Å². The Kier molecular flexibility index (Phi) is 7.75. The number of amides is 3. The van der Waals surface area contributed by atoms with Gasteiger partial charge in [-0.25, -0.2) is 14.2 Å². The molecular weight excluding hydrogens is 427 g/mol. The van der Waals surface area contributed by atoms with Crippen LogP contribution in [0.1, 0.15) is 17.7 Å². The van der Waals surface area contributed by atoms with Crippen LogP contribution in [0.3, 0.4) is 0 Å². The summed E-state index contributed by atoms with van der Waals surface area (Å²) in [5.74, 6) is -0.361. The standard InChI is InChI=1S/C21H20ClFN4O2S/c22-15-2-1-3-17(12-15)25-20(29)27-21-26-18(13-30-21)8-9-19(28)24-11-10-14-4-6-16(23)7-5-14/h1-7,12-13H,8-11H2,(H,24,28)(H2,25,26,27,29). The highest BCUT2D eigenvalue weighted by Gasteiger charge is 2.09. The Hall–Kier alpha value is -2.97. The van der Waals surface area contributed by atoms with Crippen LogP contribution in [0.5, 0.6) is 0 Å². The van der Waals surface area contributed by atoms with Gasteiger partial charge in [0, 0.05) is 29.1 Å². The molecule has 2 aromatic carbocycles. The summed E-state index contributed by atoms with van der Waals surface area (Å²) in [5, 5.41) is 11.0. The number of hydrogen-bond acceptors (Lipinski definition) is 4. The van der Waals surface area contributed by atoms with Crippen molar-refractivity contribution >= 4 is 45.7 Å². The van der Waals surface area contributed by atoms with Gasteiger partial charge in [-0.1, -0.05) is 29.8 Å². The zero-order chi connectivity index (χ0) is 21.3. The molecule has 3 rings (SSSR count). The largest absolute Gasteiger partial charge is 0.356 e. The molecule has 0 spiro atoms. The monoisotopic (exact) mass is 446 g/mol. The van der Waals surface area contributed by atoms with E-state index in [1.165, 1.54) is 23.5 Å². The van der Waals surface area contributed by atoms with Crippen LogP contribution >= 0.6 is 22.9 Å². The third-order valence-electron chi connectivity index (χ3n) is 4.11. The lowest BCUT2D eigenvalue weighted by molar-refractivity contribution is -0.121. The van der Waals surface area contributed by atoms with Crippen molar-refractivity contribution in [1.29, 1.82) is 0 Å². The molecule has 0 atom stereocenters. The van der Waals surface area contributed by atoms with Gasteiger partial charge >= 0.3 is 6.03 Å². The Balaban J connectivity index is 1.37. The first kappa shape index (κ1) is 21.7. The number of carbonyl (C=O) groups is 2. The number of benzene rings is 2. The fraction of sp³-hybridized carbons (Fsp3) is 0.190. The summed E-state index contributed by atoms with van der Waals surface area (Å²) < 4.78 is 12.9. The second-order valence-electron chi connectivity index (χ2n) is 6.46. The van der Waals surface area contributed by atoms with Crippen molar-refractivity contribution in [3.05, 3.63) is 76.0 Å². The van der Waals surface area contributed by atoms with Gasteiger partial charge in [0.15, 0.2) is 5.13 Å². The van der Waals surface area contributed by atoms with Crippen molar-refractivity contribution in [3.8, 4) is 0 Å². The van der Waals surface area contributed by atoms with Crippen molar-refractivity contribution in [2.75, 3.05) is 17.2 Å². The average Bonchev–Trinajstić information content (AvgIpc) is 3.15. The summed E-state index contributed by atoms with van der Waals surface area (Å²) in [7, 11) is 0. The Morgan fingerprint density at radius 2 is 1.87 bits per heavy atom. The van der Waals surface area contributed by atoms with E-state index in [0.29, 0.717) is 41.6 Å². The van der Waals surface area contributed by atoms with Crippen molar-refractivity contribution in [2.45, 2.75) is 19.3 Å². The van der Waals surface area contributed by atoms with E-state index in [2.05, 4.69) is 20.9 Å². The van der Waals surface area contributed by atoms with Gasteiger partial charge in [0.1, 0.15) is 5.82 Å². The molecule has 0 unspecified atom stereocenters. The van der Waals surface area contributed by atoms with Crippen molar-refractivity contribution in [1.82, 2.24) is 10.3 Å². The van der Waals surface area contributed by atoms with Gasteiger partial charge in [-0.15, -0.1) is 11.3 Å². The minimum absolute atomic E-state index is 0.0849. The molecule has 0 aliphatic carbocycles. The summed E-state index contributed by atoms with van der Waals surface area (Å²) >= 11 is 7.18. The number of anilines is 2. The number of nitrogens with zero attached hydrogens (tertiary/aromatic N) is 1. The number of halogens is 2. The molecule has 0 bridgehead atoms. The second kappa shape index (κ2) is 10.7. The number of carbonyl (C=O) groups excluding carboxylic acids is 2. The SMILES string of the molecule is O=C(CCc1csc(NC(=O)Nc2cccc(Cl)c2)n1)NCCc1ccc(F)cc1. The quantitative estimate of drug-likeness (QED) is 0.461. The highest BCUT2D eigenvalue weighted by atomic mass is 35.5. The van der Waals surface area contributed by atoms with Gasteiger partial charge in [-0.2, -0.15) is 0 Å². The Morgan fingerprint density at radius 3 is 2.63 bits per heavy atom. The number of hydrogen-bond donors (Lipinski definition) is 3. The fourth-order valence-corrected chi connectivity index (χ4v) is 3.56. The van der Waals surface area contributed by atoms with Crippen LogP contribution in [0.2, 0.25) is 5.02 Å². The molecule has 3 N–H and O–H groups in total. The molecule has 0 aliphatic rings. The molecule has 0 fully saturated rings. The molecule has 6 nitrogen and oxygen atoms in total. The molecular formula is C21H20ClFN4O2S.